The highest BCUT2D eigenvalue weighted by Gasteiger charge is 2.45. The Morgan fingerprint density at radius 3 is 2.75 bits per heavy atom. The molecule has 0 unspecified atom stereocenters. The molecule has 3 rings (SSSR count). The zero-order valence-electron chi connectivity index (χ0n) is 15.1. The van der Waals surface area contributed by atoms with Gasteiger partial charge in [0.05, 0.1) is 5.54 Å². The van der Waals surface area contributed by atoms with Gasteiger partial charge in [-0.2, -0.15) is 0 Å². The molecule has 0 radical (unpaired) electrons. The zero-order chi connectivity index (χ0) is 17.2. The molecular weight excluding hydrogens is 302 g/mol. The SMILES string of the molecule is Cc1cccnc1OCC(C)(C)NC(=O)CC12CCCN1CCC2. The van der Waals surface area contributed by atoms with Crippen LogP contribution in [0.3, 0.4) is 0 Å². The van der Waals surface area contributed by atoms with Crippen molar-refractivity contribution < 1.29 is 9.53 Å². The minimum absolute atomic E-state index is 0.124. The molecule has 3 heterocycles. The van der Waals surface area contributed by atoms with Gasteiger partial charge in [-0.3, -0.25) is 9.69 Å². The summed E-state index contributed by atoms with van der Waals surface area (Å²) in [7, 11) is 0. The van der Waals surface area contributed by atoms with Crippen molar-refractivity contribution in [2.75, 3.05) is 19.7 Å². The Labute approximate surface area is 144 Å². The first-order chi connectivity index (χ1) is 11.4. The summed E-state index contributed by atoms with van der Waals surface area (Å²) in [6, 6.07) is 3.87. The number of nitrogens with one attached hydrogen (secondary N) is 1. The van der Waals surface area contributed by atoms with Gasteiger partial charge in [-0.25, -0.2) is 4.98 Å². The summed E-state index contributed by atoms with van der Waals surface area (Å²) in [4.78, 5) is 19.4. The average molecular weight is 331 g/mol. The molecule has 24 heavy (non-hydrogen) atoms. The van der Waals surface area contributed by atoms with Crippen molar-refractivity contribution >= 4 is 5.91 Å². The van der Waals surface area contributed by atoms with Gasteiger partial charge in [-0.05, 0) is 65.6 Å². The second-order valence-corrected chi connectivity index (χ2v) is 7.94. The predicted octanol–water partition coefficient (Wildman–Crippen LogP) is 2.68. The minimum atomic E-state index is -0.417. The second-order valence-electron chi connectivity index (χ2n) is 7.94. The quantitative estimate of drug-likeness (QED) is 0.871. The summed E-state index contributed by atoms with van der Waals surface area (Å²) >= 11 is 0. The van der Waals surface area contributed by atoms with Gasteiger partial charge in [0.15, 0.2) is 0 Å². The third kappa shape index (κ3) is 3.72. The fourth-order valence-electron chi connectivity index (χ4n) is 4.14. The van der Waals surface area contributed by atoms with E-state index in [1.165, 1.54) is 12.8 Å². The number of fused-ring (bicyclic) bond motifs is 1. The molecular formula is C19H29N3O2. The highest BCUT2D eigenvalue weighted by molar-refractivity contribution is 5.78. The van der Waals surface area contributed by atoms with Crippen molar-refractivity contribution in [1.82, 2.24) is 15.2 Å². The third-order valence-corrected chi connectivity index (χ3v) is 5.31. The first kappa shape index (κ1) is 17.2. The molecule has 1 amide bonds. The fraction of sp³-hybridized carbons (Fsp3) is 0.684. The van der Waals surface area contributed by atoms with Gasteiger partial charge in [0.1, 0.15) is 6.61 Å². The molecule has 0 aromatic carbocycles. The van der Waals surface area contributed by atoms with E-state index in [2.05, 4.69) is 15.2 Å². The molecule has 0 atom stereocenters. The minimum Gasteiger partial charge on any atom is -0.475 e. The molecule has 0 spiro atoms. The number of amides is 1. The lowest BCUT2D eigenvalue weighted by molar-refractivity contribution is -0.125. The van der Waals surface area contributed by atoms with E-state index in [0.29, 0.717) is 18.9 Å². The maximum Gasteiger partial charge on any atom is 0.222 e. The number of pyridine rings is 1. The van der Waals surface area contributed by atoms with Crippen LogP contribution in [0.4, 0.5) is 0 Å². The monoisotopic (exact) mass is 331 g/mol. The molecule has 1 aromatic heterocycles. The van der Waals surface area contributed by atoms with Crippen LogP contribution in [0.1, 0.15) is 51.5 Å². The standard InChI is InChI=1S/C19H29N3O2/c1-15-7-4-10-20-17(15)24-14-18(2,3)21-16(23)13-19-8-5-11-22(19)12-6-9-19/h4,7,10H,5-6,8-9,11-14H2,1-3H3,(H,21,23). The molecule has 2 fully saturated rings. The van der Waals surface area contributed by atoms with Crippen LogP contribution in [0.15, 0.2) is 18.3 Å². The number of carbonyl (C=O) groups excluding carboxylic acids is 1. The summed E-state index contributed by atoms with van der Waals surface area (Å²) in [5, 5.41) is 3.16. The number of aromatic nitrogens is 1. The second kappa shape index (κ2) is 6.71. The molecule has 5 nitrogen and oxygen atoms in total. The lowest BCUT2D eigenvalue weighted by Crippen LogP contribution is -2.51. The number of rotatable bonds is 6. The van der Waals surface area contributed by atoms with E-state index < -0.39 is 5.54 Å². The molecule has 2 aliphatic heterocycles. The molecule has 2 saturated heterocycles. The number of aryl methyl sites for hydroxylation is 1. The van der Waals surface area contributed by atoms with E-state index in [-0.39, 0.29) is 11.4 Å². The lowest BCUT2D eigenvalue weighted by Gasteiger charge is -2.33. The molecule has 132 valence electrons. The van der Waals surface area contributed by atoms with Crippen molar-refractivity contribution in [2.24, 2.45) is 0 Å². The summed E-state index contributed by atoms with van der Waals surface area (Å²) in [5.41, 5.74) is 0.712. The third-order valence-electron chi connectivity index (χ3n) is 5.31. The van der Waals surface area contributed by atoms with Gasteiger partial charge < -0.3 is 10.1 Å². The van der Waals surface area contributed by atoms with E-state index >= 15 is 0 Å². The summed E-state index contributed by atoms with van der Waals surface area (Å²) in [6.07, 6.45) is 7.09. The number of hydrogen-bond donors (Lipinski definition) is 1. The summed E-state index contributed by atoms with van der Waals surface area (Å²) in [6.45, 7) is 8.69. The van der Waals surface area contributed by atoms with Crippen LogP contribution >= 0.6 is 0 Å². The lowest BCUT2D eigenvalue weighted by atomic mass is 9.89. The molecule has 0 saturated carbocycles. The summed E-state index contributed by atoms with van der Waals surface area (Å²) < 4.78 is 5.82. The van der Waals surface area contributed by atoms with Crippen LogP contribution in [0.5, 0.6) is 5.88 Å². The Morgan fingerprint density at radius 2 is 2.08 bits per heavy atom. The van der Waals surface area contributed by atoms with E-state index in [0.717, 1.165) is 31.5 Å². The van der Waals surface area contributed by atoms with Crippen molar-refractivity contribution in [1.29, 1.82) is 0 Å². The normalized spacial score (nSPS) is 20.0. The predicted molar refractivity (Wildman–Crippen MR) is 94.1 cm³/mol. The van der Waals surface area contributed by atoms with Crippen molar-refractivity contribution in [2.45, 2.75) is 64.0 Å². The van der Waals surface area contributed by atoms with Crippen LogP contribution in [0.2, 0.25) is 0 Å². The highest BCUT2D eigenvalue weighted by Crippen LogP contribution is 2.41. The van der Waals surface area contributed by atoms with Gasteiger partial charge in [-0.1, -0.05) is 6.07 Å². The Hall–Kier alpha value is -1.62. The Bertz CT molecular complexity index is 590. The van der Waals surface area contributed by atoms with E-state index in [4.69, 9.17) is 4.74 Å². The van der Waals surface area contributed by atoms with Crippen molar-refractivity contribution in [3.63, 3.8) is 0 Å². The van der Waals surface area contributed by atoms with Gasteiger partial charge in [0, 0.05) is 23.7 Å². The van der Waals surface area contributed by atoms with Crippen LogP contribution in [0, 0.1) is 6.92 Å². The average Bonchev–Trinajstić information content (AvgIpc) is 3.05. The first-order valence-electron chi connectivity index (χ1n) is 9.01. The van der Waals surface area contributed by atoms with Crippen molar-refractivity contribution in [3.05, 3.63) is 23.9 Å². The molecule has 1 aromatic rings. The maximum atomic E-state index is 12.6. The number of ether oxygens (including phenoxy) is 1. The Balaban J connectivity index is 1.54. The fourth-order valence-corrected chi connectivity index (χ4v) is 4.14. The molecule has 5 heteroatoms. The zero-order valence-corrected chi connectivity index (χ0v) is 15.1. The Kier molecular flexibility index (Phi) is 4.81. The van der Waals surface area contributed by atoms with Crippen LogP contribution < -0.4 is 10.1 Å². The van der Waals surface area contributed by atoms with Crippen LogP contribution in [0.25, 0.3) is 0 Å². The summed E-state index contributed by atoms with van der Waals surface area (Å²) in [5.74, 6) is 0.770. The number of carbonyl (C=O) groups is 1. The van der Waals surface area contributed by atoms with E-state index in [9.17, 15) is 4.79 Å². The molecule has 2 aliphatic rings. The topological polar surface area (TPSA) is 54.5 Å². The van der Waals surface area contributed by atoms with Gasteiger partial charge in [0.25, 0.3) is 0 Å². The van der Waals surface area contributed by atoms with E-state index in [1.807, 2.05) is 32.9 Å². The van der Waals surface area contributed by atoms with E-state index in [1.54, 1.807) is 6.20 Å². The van der Waals surface area contributed by atoms with Gasteiger partial charge >= 0.3 is 0 Å². The number of nitrogens with zero attached hydrogens (tertiary/aromatic N) is 2. The molecule has 0 aliphatic carbocycles. The number of hydrogen-bond acceptors (Lipinski definition) is 4. The first-order valence-corrected chi connectivity index (χ1v) is 9.01. The molecule has 0 bridgehead atoms. The molecule has 1 N–H and O–H groups in total. The maximum absolute atomic E-state index is 12.6. The van der Waals surface area contributed by atoms with Gasteiger partial charge in [0.2, 0.25) is 11.8 Å². The van der Waals surface area contributed by atoms with Crippen LogP contribution in [-0.2, 0) is 4.79 Å². The smallest absolute Gasteiger partial charge is 0.222 e. The van der Waals surface area contributed by atoms with Gasteiger partial charge in [-0.15, -0.1) is 0 Å². The van der Waals surface area contributed by atoms with Crippen LogP contribution in [-0.4, -0.2) is 46.6 Å². The largest absolute Gasteiger partial charge is 0.475 e. The van der Waals surface area contributed by atoms with Crippen molar-refractivity contribution in [3.8, 4) is 5.88 Å². The highest BCUT2D eigenvalue weighted by atomic mass is 16.5. The Morgan fingerprint density at radius 1 is 1.38 bits per heavy atom.